The molecule has 0 aliphatic carbocycles. The zero-order chi connectivity index (χ0) is 8.97. The number of hydrogen-bond acceptors (Lipinski definition) is 2. The lowest BCUT2D eigenvalue weighted by atomic mass is 10.2. The first-order valence-corrected chi connectivity index (χ1v) is 4.47. The van der Waals surface area contributed by atoms with Crippen LogP contribution in [0.5, 0.6) is 0 Å². The van der Waals surface area contributed by atoms with Gasteiger partial charge in [0, 0.05) is 6.20 Å². The van der Waals surface area contributed by atoms with Gasteiger partial charge in [0.15, 0.2) is 0 Å². The van der Waals surface area contributed by atoms with Gasteiger partial charge in [-0.2, -0.15) is 12.6 Å². The molecule has 0 saturated carbocycles. The Kier molecular flexibility index (Phi) is 3.46. The molecular weight excluding hydrogens is 190 g/mol. The highest BCUT2D eigenvalue weighted by molar-refractivity contribution is 7.80. The maximum Gasteiger partial charge on any atom is 0.116 e. The Morgan fingerprint density at radius 3 is 3.00 bits per heavy atom. The molecule has 0 atom stereocenters. The predicted octanol–water partition coefficient (Wildman–Crippen LogP) is 2.32. The molecule has 1 rings (SSSR count). The van der Waals surface area contributed by atoms with Gasteiger partial charge in [-0.1, -0.05) is 17.5 Å². The zero-order valence-corrected chi connectivity index (χ0v) is 8.28. The highest BCUT2D eigenvalue weighted by atomic mass is 35.5. The Balaban J connectivity index is 3.01. The summed E-state index contributed by atoms with van der Waals surface area (Å²) in [5, 5.41) is 0.643. The Morgan fingerprint density at radius 2 is 2.42 bits per heavy atom. The molecule has 1 aromatic heterocycles. The molecule has 0 radical (unpaired) electrons. The van der Waals surface area contributed by atoms with Crippen molar-refractivity contribution in [2.75, 3.05) is 5.75 Å². The molecule has 62 valence electrons. The summed E-state index contributed by atoms with van der Waals surface area (Å²) in [6.07, 6.45) is 1.59. The van der Waals surface area contributed by atoms with E-state index in [4.69, 9.17) is 11.6 Å². The number of nitrogens with zero attached hydrogens (tertiary/aromatic N) is 1. The lowest BCUT2D eigenvalue weighted by Crippen LogP contribution is -1.86. The minimum absolute atomic E-state index is 0.545. The first-order valence-electron chi connectivity index (χ1n) is 3.46. The standard InChI is InChI=1S/C9H8ClNS/c1-7-5-8(10)6-11-9(7)3-2-4-12/h5-6,12H,4H2,1H3. The van der Waals surface area contributed by atoms with Gasteiger partial charge in [-0.25, -0.2) is 4.98 Å². The van der Waals surface area contributed by atoms with E-state index in [0.29, 0.717) is 10.8 Å². The van der Waals surface area contributed by atoms with E-state index in [1.165, 1.54) is 0 Å². The van der Waals surface area contributed by atoms with Crippen molar-refractivity contribution in [3.63, 3.8) is 0 Å². The van der Waals surface area contributed by atoms with Crippen LogP contribution in [0.15, 0.2) is 12.3 Å². The van der Waals surface area contributed by atoms with Crippen LogP contribution in [-0.4, -0.2) is 10.7 Å². The summed E-state index contributed by atoms with van der Waals surface area (Å²) in [5.74, 6) is 6.27. The van der Waals surface area contributed by atoms with Crippen molar-refractivity contribution in [3.05, 3.63) is 28.5 Å². The van der Waals surface area contributed by atoms with Crippen LogP contribution in [-0.2, 0) is 0 Å². The average molecular weight is 198 g/mol. The molecule has 0 unspecified atom stereocenters. The van der Waals surface area contributed by atoms with Gasteiger partial charge < -0.3 is 0 Å². The first kappa shape index (κ1) is 9.44. The summed E-state index contributed by atoms with van der Waals surface area (Å²) in [6.45, 7) is 1.93. The molecule has 0 aliphatic rings. The van der Waals surface area contributed by atoms with Gasteiger partial charge in [0.2, 0.25) is 0 Å². The number of rotatable bonds is 0. The van der Waals surface area contributed by atoms with Crippen LogP contribution < -0.4 is 0 Å². The van der Waals surface area contributed by atoms with Gasteiger partial charge in [-0.15, -0.1) is 0 Å². The Hall–Kier alpha value is -0.650. The maximum atomic E-state index is 5.73. The number of halogens is 1. The van der Waals surface area contributed by atoms with Crippen molar-refractivity contribution in [1.82, 2.24) is 4.98 Å². The predicted molar refractivity (Wildman–Crippen MR) is 54.7 cm³/mol. The third kappa shape index (κ3) is 2.44. The minimum Gasteiger partial charge on any atom is -0.246 e. The summed E-state index contributed by atoms with van der Waals surface area (Å²) < 4.78 is 0. The largest absolute Gasteiger partial charge is 0.246 e. The maximum absolute atomic E-state index is 5.73. The van der Waals surface area contributed by atoms with Crippen molar-refractivity contribution >= 4 is 24.2 Å². The second kappa shape index (κ2) is 4.39. The first-order chi connectivity index (χ1) is 5.74. The van der Waals surface area contributed by atoms with Gasteiger partial charge in [-0.3, -0.25) is 0 Å². The van der Waals surface area contributed by atoms with E-state index < -0.39 is 0 Å². The number of hydrogen-bond donors (Lipinski definition) is 1. The molecule has 0 fully saturated rings. The quantitative estimate of drug-likeness (QED) is 0.498. The molecule has 3 heteroatoms. The van der Waals surface area contributed by atoms with Crippen LogP contribution in [0.3, 0.4) is 0 Å². The summed E-state index contributed by atoms with van der Waals surface area (Å²) >= 11 is 9.70. The Labute approximate surface area is 82.6 Å². The van der Waals surface area contributed by atoms with Gasteiger partial charge in [-0.05, 0) is 24.5 Å². The molecule has 1 heterocycles. The molecule has 12 heavy (non-hydrogen) atoms. The van der Waals surface area contributed by atoms with Crippen molar-refractivity contribution < 1.29 is 0 Å². The van der Waals surface area contributed by atoms with E-state index >= 15 is 0 Å². The summed E-state index contributed by atoms with van der Waals surface area (Å²) in [5.41, 5.74) is 1.77. The highest BCUT2D eigenvalue weighted by Crippen LogP contribution is 2.10. The van der Waals surface area contributed by atoms with E-state index in [-0.39, 0.29) is 0 Å². The molecule has 1 aromatic rings. The van der Waals surface area contributed by atoms with Crippen LogP contribution in [0, 0.1) is 18.8 Å². The molecule has 0 bridgehead atoms. The third-order valence-electron chi connectivity index (χ3n) is 1.33. The van der Waals surface area contributed by atoms with Gasteiger partial charge >= 0.3 is 0 Å². The van der Waals surface area contributed by atoms with Crippen LogP contribution >= 0.6 is 24.2 Å². The van der Waals surface area contributed by atoms with Crippen molar-refractivity contribution in [2.45, 2.75) is 6.92 Å². The van der Waals surface area contributed by atoms with Crippen molar-refractivity contribution in [2.24, 2.45) is 0 Å². The van der Waals surface area contributed by atoms with Crippen molar-refractivity contribution in [3.8, 4) is 11.8 Å². The van der Waals surface area contributed by atoms with E-state index in [9.17, 15) is 0 Å². The zero-order valence-electron chi connectivity index (χ0n) is 6.63. The van der Waals surface area contributed by atoms with Crippen LogP contribution in [0.1, 0.15) is 11.3 Å². The molecular formula is C9H8ClNS. The third-order valence-corrected chi connectivity index (χ3v) is 1.70. The fourth-order valence-electron chi connectivity index (χ4n) is 0.795. The number of aryl methyl sites for hydroxylation is 1. The second-order valence-electron chi connectivity index (χ2n) is 2.28. The topological polar surface area (TPSA) is 12.9 Å². The van der Waals surface area contributed by atoms with Gasteiger partial charge in [0.1, 0.15) is 5.69 Å². The van der Waals surface area contributed by atoms with Gasteiger partial charge in [0.05, 0.1) is 10.8 Å². The molecule has 1 nitrogen and oxygen atoms in total. The van der Waals surface area contributed by atoms with E-state index in [1.54, 1.807) is 6.20 Å². The molecule has 0 aliphatic heterocycles. The fraction of sp³-hybridized carbons (Fsp3) is 0.222. The molecule has 0 amide bonds. The summed E-state index contributed by atoms with van der Waals surface area (Å²) in [7, 11) is 0. The summed E-state index contributed by atoms with van der Waals surface area (Å²) in [6, 6.07) is 1.84. The van der Waals surface area contributed by atoms with Crippen LogP contribution in [0.2, 0.25) is 5.02 Å². The Morgan fingerprint density at radius 1 is 1.67 bits per heavy atom. The summed E-state index contributed by atoms with van der Waals surface area (Å²) in [4.78, 5) is 4.08. The second-order valence-corrected chi connectivity index (χ2v) is 3.03. The number of aromatic nitrogens is 1. The lowest BCUT2D eigenvalue weighted by Gasteiger charge is -1.95. The lowest BCUT2D eigenvalue weighted by molar-refractivity contribution is 1.23. The number of pyridine rings is 1. The SMILES string of the molecule is Cc1cc(Cl)cnc1C#CCS. The molecule has 0 saturated heterocycles. The fourth-order valence-corrected chi connectivity index (χ4v) is 1.09. The van der Waals surface area contributed by atoms with E-state index in [0.717, 1.165) is 11.3 Å². The van der Waals surface area contributed by atoms with Gasteiger partial charge in [0.25, 0.3) is 0 Å². The average Bonchev–Trinajstić information content (AvgIpc) is 2.03. The molecule has 0 spiro atoms. The van der Waals surface area contributed by atoms with Crippen LogP contribution in [0.25, 0.3) is 0 Å². The minimum atomic E-state index is 0.545. The van der Waals surface area contributed by atoms with E-state index in [2.05, 4.69) is 29.5 Å². The van der Waals surface area contributed by atoms with Crippen LogP contribution in [0.4, 0.5) is 0 Å². The molecule has 0 N–H and O–H groups in total. The normalized spacial score (nSPS) is 8.92. The number of thiol groups is 1. The molecule has 0 aromatic carbocycles. The van der Waals surface area contributed by atoms with E-state index in [1.807, 2.05) is 13.0 Å². The van der Waals surface area contributed by atoms with Crippen molar-refractivity contribution in [1.29, 1.82) is 0 Å². The Bertz CT molecular complexity index is 338. The highest BCUT2D eigenvalue weighted by Gasteiger charge is 1.95. The monoisotopic (exact) mass is 197 g/mol. The smallest absolute Gasteiger partial charge is 0.116 e.